The van der Waals surface area contributed by atoms with Crippen molar-refractivity contribution < 1.29 is 4.79 Å². The van der Waals surface area contributed by atoms with Crippen LogP contribution in [0.5, 0.6) is 0 Å². The standard InChI is InChI=1S/C13H6N2O2/c14-6-7-1-2-9-10(5-7)8-3-4-11(16)15-12(8)13(9)17/h1-5H,(H,15,16). The summed E-state index contributed by atoms with van der Waals surface area (Å²) in [5.41, 5.74) is 2.42. The lowest BCUT2D eigenvalue weighted by Gasteiger charge is -1.98. The van der Waals surface area contributed by atoms with Gasteiger partial charge in [-0.1, -0.05) is 0 Å². The molecule has 0 bridgehead atoms. The van der Waals surface area contributed by atoms with Crippen LogP contribution in [0.3, 0.4) is 0 Å². The third-order valence-corrected chi connectivity index (χ3v) is 2.83. The molecule has 0 aliphatic heterocycles. The summed E-state index contributed by atoms with van der Waals surface area (Å²) in [6.45, 7) is 0. The predicted octanol–water partition coefficient (Wildman–Crippen LogP) is 1.46. The number of nitrogens with zero attached hydrogens (tertiary/aromatic N) is 1. The molecule has 0 fully saturated rings. The molecule has 3 rings (SSSR count). The molecule has 0 amide bonds. The Kier molecular flexibility index (Phi) is 1.77. The number of ketones is 1. The average Bonchev–Trinajstić information content (AvgIpc) is 2.62. The normalized spacial score (nSPS) is 11.8. The molecule has 0 spiro atoms. The molecule has 17 heavy (non-hydrogen) atoms. The largest absolute Gasteiger partial charge is 0.319 e. The van der Waals surface area contributed by atoms with E-state index >= 15 is 0 Å². The highest BCUT2D eigenvalue weighted by molar-refractivity contribution is 6.20. The van der Waals surface area contributed by atoms with Crippen molar-refractivity contribution in [1.29, 1.82) is 5.26 Å². The van der Waals surface area contributed by atoms with Crippen LogP contribution in [-0.4, -0.2) is 10.8 Å². The molecular weight excluding hydrogens is 216 g/mol. The number of benzene rings is 1. The highest BCUT2D eigenvalue weighted by Gasteiger charge is 2.27. The Morgan fingerprint density at radius 1 is 1.00 bits per heavy atom. The van der Waals surface area contributed by atoms with Crippen LogP contribution in [0.1, 0.15) is 21.6 Å². The zero-order valence-electron chi connectivity index (χ0n) is 8.65. The maximum absolute atomic E-state index is 12.0. The van der Waals surface area contributed by atoms with E-state index in [9.17, 15) is 9.59 Å². The van der Waals surface area contributed by atoms with E-state index in [1.165, 1.54) is 6.07 Å². The lowest BCUT2D eigenvalue weighted by Crippen LogP contribution is -2.09. The molecule has 2 aromatic rings. The number of nitriles is 1. The third-order valence-electron chi connectivity index (χ3n) is 2.83. The van der Waals surface area contributed by atoms with Gasteiger partial charge < -0.3 is 4.98 Å². The van der Waals surface area contributed by atoms with Crippen LogP contribution in [-0.2, 0) is 0 Å². The zero-order chi connectivity index (χ0) is 12.0. The van der Waals surface area contributed by atoms with Gasteiger partial charge in [-0.25, -0.2) is 0 Å². The number of fused-ring (bicyclic) bond motifs is 3. The molecule has 1 heterocycles. The van der Waals surface area contributed by atoms with Crippen LogP contribution in [0.2, 0.25) is 0 Å². The van der Waals surface area contributed by atoms with Gasteiger partial charge in [0.2, 0.25) is 11.3 Å². The first-order valence-corrected chi connectivity index (χ1v) is 5.03. The Labute approximate surface area is 96.1 Å². The fraction of sp³-hybridized carbons (Fsp3) is 0. The lowest BCUT2D eigenvalue weighted by atomic mass is 10.0. The van der Waals surface area contributed by atoms with Gasteiger partial charge in [-0.15, -0.1) is 0 Å². The van der Waals surface area contributed by atoms with Crippen LogP contribution in [0.4, 0.5) is 0 Å². The van der Waals surface area contributed by atoms with Crippen molar-refractivity contribution in [1.82, 2.24) is 4.98 Å². The summed E-state index contributed by atoms with van der Waals surface area (Å²) >= 11 is 0. The summed E-state index contributed by atoms with van der Waals surface area (Å²) in [6, 6.07) is 9.90. The van der Waals surface area contributed by atoms with E-state index in [-0.39, 0.29) is 11.3 Å². The van der Waals surface area contributed by atoms with Gasteiger partial charge in [0.05, 0.1) is 17.3 Å². The number of aromatic amines is 1. The van der Waals surface area contributed by atoms with E-state index in [2.05, 4.69) is 4.98 Å². The molecule has 80 valence electrons. The molecule has 0 radical (unpaired) electrons. The average molecular weight is 222 g/mol. The molecule has 0 saturated heterocycles. The Morgan fingerprint density at radius 3 is 2.53 bits per heavy atom. The van der Waals surface area contributed by atoms with Gasteiger partial charge in [0.25, 0.3) is 0 Å². The van der Waals surface area contributed by atoms with Crippen LogP contribution in [0, 0.1) is 11.3 Å². The zero-order valence-corrected chi connectivity index (χ0v) is 8.65. The molecule has 4 nitrogen and oxygen atoms in total. The van der Waals surface area contributed by atoms with Crippen LogP contribution in [0.25, 0.3) is 11.1 Å². The van der Waals surface area contributed by atoms with E-state index < -0.39 is 0 Å². The number of carbonyl (C=O) groups is 1. The monoisotopic (exact) mass is 222 g/mol. The highest BCUT2D eigenvalue weighted by atomic mass is 16.1. The summed E-state index contributed by atoms with van der Waals surface area (Å²) in [5.74, 6) is -0.197. The number of hydrogen-bond acceptors (Lipinski definition) is 3. The summed E-state index contributed by atoms with van der Waals surface area (Å²) in [6.07, 6.45) is 0. The smallest absolute Gasteiger partial charge is 0.248 e. The Bertz CT molecular complexity index is 751. The van der Waals surface area contributed by atoms with Crippen molar-refractivity contribution in [3.8, 4) is 17.2 Å². The summed E-state index contributed by atoms with van der Waals surface area (Å²) in [7, 11) is 0. The fourth-order valence-corrected chi connectivity index (χ4v) is 2.05. The van der Waals surface area contributed by atoms with Crippen LogP contribution in [0.15, 0.2) is 35.1 Å². The third kappa shape index (κ3) is 1.23. The molecule has 0 saturated carbocycles. The number of rotatable bonds is 0. The van der Waals surface area contributed by atoms with Crippen LogP contribution >= 0.6 is 0 Å². The topological polar surface area (TPSA) is 73.7 Å². The maximum atomic E-state index is 12.0. The van der Waals surface area contributed by atoms with Crippen molar-refractivity contribution in [3.63, 3.8) is 0 Å². The maximum Gasteiger partial charge on any atom is 0.248 e. The number of nitrogens with one attached hydrogen (secondary N) is 1. The minimum atomic E-state index is -0.301. The van der Waals surface area contributed by atoms with Gasteiger partial charge in [-0.05, 0) is 29.8 Å². The van der Waals surface area contributed by atoms with E-state index in [0.29, 0.717) is 27.9 Å². The van der Waals surface area contributed by atoms with Crippen LogP contribution < -0.4 is 5.56 Å². The van der Waals surface area contributed by atoms with Crippen molar-refractivity contribution in [2.24, 2.45) is 0 Å². The summed E-state index contributed by atoms with van der Waals surface area (Å²) in [5, 5.41) is 8.83. The number of hydrogen-bond donors (Lipinski definition) is 1. The molecular formula is C13H6N2O2. The molecule has 1 aromatic heterocycles. The first-order valence-electron chi connectivity index (χ1n) is 5.03. The molecule has 1 aromatic carbocycles. The minimum absolute atomic E-state index is 0.197. The van der Waals surface area contributed by atoms with Gasteiger partial charge in [0.1, 0.15) is 0 Å². The quantitative estimate of drug-likeness (QED) is 0.625. The minimum Gasteiger partial charge on any atom is -0.319 e. The molecule has 1 N–H and O–H groups in total. The SMILES string of the molecule is N#Cc1ccc2c(c1)-c1ccc(=O)[nH]c1C2=O. The number of pyridine rings is 1. The van der Waals surface area contributed by atoms with E-state index in [1.807, 2.05) is 6.07 Å². The molecule has 1 aliphatic rings. The van der Waals surface area contributed by atoms with Gasteiger partial charge in [0.15, 0.2) is 0 Å². The Balaban J connectivity index is 2.37. The molecule has 0 unspecified atom stereocenters. The van der Waals surface area contributed by atoms with E-state index in [1.54, 1.807) is 24.3 Å². The van der Waals surface area contributed by atoms with Crippen molar-refractivity contribution in [2.75, 3.05) is 0 Å². The first kappa shape index (κ1) is 9.55. The highest BCUT2D eigenvalue weighted by Crippen LogP contribution is 2.34. The number of H-pyrrole nitrogens is 1. The van der Waals surface area contributed by atoms with Crippen molar-refractivity contribution in [2.45, 2.75) is 0 Å². The van der Waals surface area contributed by atoms with E-state index in [4.69, 9.17) is 5.26 Å². The molecule has 0 atom stereocenters. The summed E-state index contributed by atoms with van der Waals surface area (Å²) < 4.78 is 0. The first-order chi connectivity index (χ1) is 8.20. The van der Waals surface area contributed by atoms with Gasteiger partial charge in [-0.2, -0.15) is 5.26 Å². The van der Waals surface area contributed by atoms with Gasteiger partial charge in [-0.3, -0.25) is 9.59 Å². The van der Waals surface area contributed by atoms with Crippen molar-refractivity contribution >= 4 is 5.78 Å². The fourth-order valence-electron chi connectivity index (χ4n) is 2.05. The molecule has 1 aliphatic carbocycles. The number of aromatic nitrogens is 1. The second-order valence-electron chi connectivity index (χ2n) is 3.81. The number of carbonyl (C=O) groups excluding carboxylic acids is 1. The Morgan fingerprint density at radius 2 is 1.76 bits per heavy atom. The predicted molar refractivity (Wildman–Crippen MR) is 60.6 cm³/mol. The molecule has 4 heteroatoms. The Hall–Kier alpha value is -2.67. The van der Waals surface area contributed by atoms with Gasteiger partial charge >= 0.3 is 0 Å². The van der Waals surface area contributed by atoms with Gasteiger partial charge in [0, 0.05) is 17.2 Å². The second-order valence-corrected chi connectivity index (χ2v) is 3.81. The second kappa shape index (κ2) is 3.16. The summed E-state index contributed by atoms with van der Waals surface area (Å²) in [4.78, 5) is 25.7. The lowest BCUT2D eigenvalue weighted by molar-refractivity contribution is 0.103. The van der Waals surface area contributed by atoms with E-state index in [0.717, 1.165) is 0 Å². The van der Waals surface area contributed by atoms with Crippen molar-refractivity contribution in [3.05, 3.63) is 57.5 Å².